The van der Waals surface area contributed by atoms with Gasteiger partial charge in [-0.25, -0.2) is 9.59 Å². The second-order valence-electron chi connectivity index (χ2n) is 0.829. The van der Waals surface area contributed by atoms with E-state index in [4.69, 9.17) is 0 Å². The van der Waals surface area contributed by atoms with Crippen LogP contribution in [0.2, 0.25) is 0 Å². The molecule has 0 aromatic heterocycles. The fourth-order valence-electron chi connectivity index (χ4n) is 0.145. The average molecular weight is 116 g/mol. The van der Waals surface area contributed by atoms with Crippen molar-refractivity contribution in [3.8, 4) is 0 Å². The lowest BCUT2D eigenvalue weighted by Crippen LogP contribution is -1.31. The molecule has 0 saturated heterocycles. The van der Waals surface area contributed by atoms with E-state index >= 15 is 0 Å². The maximum absolute atomic E-state index is 9.37. The molecule has 0 aliphatic rings. The Labute approximate surface area is 51.1 Å². The Morgan fingerprint density at radius 1 is 0.556 bits per heavy atom. The van der Waals surface area contributed by atoms with E-state index in [0.29, 0.717) is 0 Å². The summed E-state index contributed by atoms with van der Waals surface area (Å²) in [4.78, 5) is 18.7. The van der Waals surface area contributed by atoms with Crippen LogP contribution in [-0.2, 0) is 9.59 Å². The van der Waals surface area contributed by atoms with Gasteiger partial charge < -0.3 is 0 Å². The third-order valence-electron chi connectivity index (χ3n) is 0.352. The Hall–Kier alpha value is -1.94. The third-order valence-corrected chi connectivity index (χ3v) is 0.352. The fourth-order valence-corrected chi connectivity index (χ4v) is 0.145. The molecule has 0 aromatic rings. The summed E-state index contributed by atoms with van der Waals surface area (Å²) in [5.74, 6) is 2.61. The lowest BCUT2D eigenvalue weighted by atomic mass is 10.7. The molecule has 0 spiro atoms. The molecule has 0 unspecified atom stereocenters. The van der Waals surface area contributed by atoms with Gasteiger partial charge in [0.1, 0.15) is 0 Å². The molecule has 0 amide bonds. The summed E-state index contributed by atoms with van der Waals surface area (Å²) >= 11 is 0. The van der Waals surface area contributed by atoms with E-state index in [1.165, 1.54) is 11.9 Å². The zero-order chi connectivity index (χ0) is 6.95. The van der Waals surface area contributed by atoms with E-state index in [9.17, 15) is 9.59 Å². The predicted molar refractivity (Wildman–Crippen MR) is 29.0 cm³/mol. The van der Waals surface area contributed by atoms with Crippen LogP contribution in [0.3, 0.4) is 0 Å². The molecular weight excluding hydrogens is 116 g/mol. The van der Waals surface area contributed by atoms with E-state index in [2.05, 4.69) is 17.2 Å². The highest BCUT2D eigenvalue weighted by molar-refractivity contribution is 5.44. The van der Waals surface area contributed by atoms with E-state index in [-0.39, 0.29) is 0 Å². The van der Waals surface area contributed by atoms with Crippen molar-refractivity contribution in [1.29, 1.82) is 0 Å². The summed E-state index contributed by atoms with van der Waals surface area (Å²) in [6.07, 6.45) is 0. The minimum atomic E-state index is 1.30. The van der Waals surface area contributed by atoms with Gasteiger partial charge in [-0.05, 0) is 0 Å². The smallest absolute Gasteiger partial charge is 0.186 e. The molecule has 0 aliphatic carbocycles. The van der Waals surface area contributed by atoms with Crippen molar-refractivity contribution in [2.24, 2.45) is 0 Å². The molecule has 0 radical (unpaired) electrons. The largest absolute Gasteiger partial charge is 0.223 e. The first-order valence-electron chi connectivity index (χ1n) is 1.91. The van der Waals surface area contributed by atoms with Crippen LogP contribution in [0.1, 0.15) is 0 Å². The molecule has 0 bridgehead atoms. The van der Waals surface area contributed by atoms with E-state index in [0.717, 1.165) is 0 Å². The van der Waals surface area contributed by atoms with E-state index < -0.39 is 0 Å². The van der Waals surface area contributed by atoms with Crippen LogP contribution in [0.15, 0.2) is 28.7 Å². The first kappa shape index (κ1) is 7.06. The van der Waals surface area contributed by atoms with Crippen LogP contribution < -0.4 is 0 Å². The maximum atomic E-state index is 9.37. The first-order chi connectivity index (χ1) is 4.41. The van der Waals surface area contributed by atoms with Crippen molar-refractivity contribution in [3.05, 3.63) is 28.7 Å². The third kappa shape index (κ3) is 6.06. The molecule has 0 aliphatic heterocycles. The Balaban J connectivity index is 5.19. The monoisotopic (exact) mass is 116 g/mol. The van der Waals surface area contributed by atoms with Crippen LogP contribution in [0, 0.1) is 0 Å². The quantitative estimate of drug-likeness (QED) is 0.329. The highest BCUT2D eigenvalue weighted by atomic mass is 16.1. The van der Waals surface area contributed by atoms with E-state index in [1.807, 2.05) is 11.5 Å². The van der Waals surface area contributed by atoms with Gasteiger partial charge in [-0.3, -0.25) is 0 Å². The molecule has 0 rings (SSSR count). The lowest BCUT2D eigenvalue weighted by molar-refractivity contribution is 0.568. The van der Waals surface area contributed by atoms with Crippen LogP contribution >= 0.6 is 0 Å². The minimum absolute atomic E-state index is 1.30. The topological polar surface area (TPSA) is 34.1 Å². The Kier molecular flexibility index (Phi) is 4.75. The molecule has 0 saturated carbocycles. The minimum Gasteiger partial charge on any atom is -0.223 e. The molecule has 2 nitrogen and oxygen atoms in total. The molecule has 0 fully saturated rings. The molecule has 0 aromatic carbocycles. The van der Waals surface area contributed by atoms with Gasteiger partial charge in [0.25, 0.3) is 0 Å². The second kappa shape index (κ2) is 6.06. The highest BCUT2D eigenvalue weighted by Gasteiger charge is 1.38. The summed E-state index contributed by atoms with van der Waals surface area (Å²) in [5.41, 5.74) is 10.1. The Morgan fingerprint density at radius 3 is 1.22 bits per heavy atom. The SMILES string of the molecule is O=C=C=C=C=C=C=C=O. The summed E-state index contributed by atoms with van der Waals surface area (Å²) in [7, 11) is 0. The van der Waals surface area contributed by atoms with Gasteiger partial charge >= 0.3 is 0 Å². The Bertz CT molecular complexity index is 291. The van der Waals surface area contributed by atoms with Gasteiger partial charge in [0.15, 0.2) is 11.9 Å². The predicted octanol–water partition coefficient (Wildman–Crippen LogP) is -0.0187. The van der Waals surface area contributed by atoms with Crippen molar-refractivity contribution in [2.45, 2.75) is 0 Å². The van der Waals surface area contributed by atoms with Crippen LogP contribution in [0.25, 0.3) is 0 Å². The van der Waals surface area contributed by atoms with Crippen molar-refractivity contribution >= 4 is 11.9 Å². The molecule has 0 N–H and O–H groups in total. The van der Waals surface area contributed by atoms with Crippen molar-refractivity contribution in [2.75, 3.05) is 0 Å². The number of hydrogen-bond acceptors (Lipinski definition) is 2. The van der Waals surface area contributed by atoms with Crippen LogP contribution in [-0.4, -0.2) is 11.9 Å². The zero-order valence-corrected chi connectivity index (χ0v) is 4.32. The van der Waals surface area contributed by atoms with Gasteiger partial charge in [-0.2, -0.15) is 0 Å². The summed E-state index contributed by atoms with van der Waals surface area (Å²) in [6, 6.07) is 0. The van der Waals surface area contributed by atoms with Gasteiger partial charge in [0, 0.05) is 28.7 Å². The molecule has 9 heavy (non-hydrogen) atoms. The summed E-state index contributed by atoms with van der Waals surface area (Å²) in [5, 5.41) is 0. The maximum Gasteiger partial charge on any atom is 0.186 e. The Morgan fingerprint density at radius 2 is 0.889 bits per heavy atom. The zero-order valence-electron chi connectivity index (χ0n) is 4.32. The molecule has 0 heterocycles. The normalized spacial score (nSPS) is 3.56. The van der Waals surface area contributed by atoms with Gasteiger partial charge in [-0.15, -0.1) is 0 Å². The van der Waals surface area contributed by atoms with Gasteiger partial charge in [0.05, 0.1) is 0 Å². The van der Waals surface area contributed by atoms with Gasteiger partial charge in [0.2, 0.25) is 0 Å². The first-order valence-corrected chi connectivity index (χ1v) is 1.91. The molecule has 0 atom stereocenters. The van der Waals surface area contributed by atoms with Crippen LogP contribution in [0.4, 0.5) is 0 Å². The molecule has 40 valence electrons. The van der Waals surface area contributed by atoms with Crippen molar-refractivity contribution < 1.29 is 9.59 Å². The standard InChI is InChI=1S/C7O2/c8-6-4-2-1-3-5-7-9. The number of rotatable bonds is 0. The summed E-state index contributed by atoms with van der Waals surface area (Å²) in [6.45, 7) is 0. The van der Waals surface area contributed by atoms with Crippen molar-refractivity contribution in [1.82, 2.24) is 0 Å². The number of carbonyl (C=O) groups excluding carboxylic acids is 2. The second-order valence-corrected chi connectivity index (χ2v) is 0.829. The van der Waals surface area contributed by atoms with Crippen LogP contribution in [0.5, 0.6) is 0 Å². The lowest BCUT2D eigenvalue weighted by Gasteiger charge is -1.32. The molecular formula is C7O2. The highest BCUT2D eigenvalue weighted by Crippen LogP contribution is 1.46. The summed E-state index contributed by atoms with van der Waals surface area (Å²) < 4.78 is 0. The number of hydrogen-bond donors (Lipinski definition) is 0. The van der Waals surface area contributed by atoms with Gasteiger partial charge in [-0.1, -0.05) is 0 Å². The van der Waals surface area contributed by atoms with E-state index in [1.54, 1.807) is 0 Å². The average Bonchev–Trinajstić information content (AvgIpc) is 1.89. The fraction of sp³-hybridized carbons (Fsp3) is 0. The van der Waals surface area contributed by atoms with Crippen molar-refractivity contribution in [3.63, 3.8) is 0 Å². The molecule has 2 heteroatoms.